The Morgan fingerprint density at radius 1 is 1.22 bits per heavy atom. The average molecular weight is 442 g/mol. The molecule has 4 rings (SSSR count). The minimum absolute atomic E-state index is 0.154. The van der Waals surface area contributed by atoms with Gasteiger partial charge in [-0.3, -0.25) is 14.5 Å². The summed E-state index contributed by atoms with van der Waals surface area (Å²) in [5.74, 6) is 1.44. The maximum atomic E-state index is 12.8. The molecule has 3 aliphatic rings. The number of esters is 2. The molecule has 1 aromatic rings. The van der Waals surface area contributed by atoms with Crippen LogP contribution in [0.15, 0.2) is 36.1 Å². The van der Waals surface area contributed by atoms with Crippen LogP contribution < -0.4 is 9.47 Å². The standard InChI is InChI=1S/C25H31NO6/c1-6-29-21(27)14-26-13-16(2)12-25(26)10-9-19(32-23(28)24(3,4)5)22(25)17-7-8-18-20(11-17)31-15-30-18/h7-8,11H,2,6,9-10,12-15H2,1,3-5H3. The number of likely N-dealkylation sites (tertiary alicyclic amines) is 1. The Hall–Kier alpha value is -2.80. The summed E-state index contributed by atoms with van der Waals surface area (Å²) < 4.78 is 22.3. The second-order valence-corrected chi connectivity index (χ2v) is 9.63. The third-order valence-corrected chi connectivity index (χ3v) is 6.19. The highest BCUT2D eigenvalue weighted by molar-refractivity contribution is 5.84. The van der Waals surface area contributed by atoms with Crippen molar-refractivity contribution in [3.63, 3.8) is 0 Å². The zero-order valence-electron chi connectivity index (χ0n) is 19.3. The molecule has 32 heavy (non-hydrogen) atoms. The smallest absolute Gasteiger partial charge is 0.320 e. The van der Waals surface area contributed by atoms with E-state index in [1.807, 2.05) is 39.0 Å². The predicted octanol–water partition coefficient (Wildman–Crippen LogP) is 4.07. The van der Waals surface area contributed by atoms with E-state index in [1.54, 1.807) is 6.92 Å². The largest absolute Gasteiger partial charge is 0.465 e. The van der Waals surface area contributed by atoms with Crippen LogP contribution in [0.5, 0.6) is 11.5 Å². The van der Waals surface area contributed by atoms with Crippen LogP contribution in [-0.2, 0) is 19.1 Å². The Kier molecular flexibility index (Phi) is 5.79. The zero-order chi connectivity index (χ0) is 23.1. The van der Waals surface area contributed by atoms with Gasteiger partial charge >= 0.3 is 11.9 Å². The van der Waals surface area contributed by atoms with Gasteiger partial charge in [-0.1, -0.05) is 18.2 Å². The molecule has 1 saturated heterocycles. The lowest BCUT2D eigenvalue weighted by molar-refractivity contribution is -0.148. The van der Waals surface area contributed by atoms with Gasteiger partial charge in [-0.05, 0) is 58.2 Å². The molecule has 1 spiro atoms. The van der Waals surface area contributed by atoms with Gasteiger partial charge in [0, 0.05) is 18.5 Å². The van der Waals surface area contributed by atoms with E-state index in [9.17, 15) is 9.59 Å². The first kappa shape index (κ1) is 22.4. The highest BCUT2D eigenvalue weighted by Crippen LogP contribution is 2.53. The maximum Gasteiger partial charge on any atom is 0.320 e. The number of carbonyl (C=O) groups excluding carboxylic acids is 2. The molecule has 0 bridgehead atoms. The van der Waals surface area contributed by atoms with Crippen LogP contribution >= 0.6 is 0 Å². The summed E-state index contributed by atoms with van der Waals surface area (Å²) in [5.41, 5.74) is 1.72. The minimum atomic E-state index is -0.632. The molecule has 0 amide bonds. The third kappa shape index (κ3) is 4.01. The molecule has 7 heteroatoms. The van der Waals surface area contributed by atoms with E-state index < -0.39 is 11.0 Å². The van der Waals surface area contributed by atoms with Crippen LogP contribution in [0.25, 0.3) is 5.57 Å². The monoisotopic (exact) mass is 441 g/mol. The number of fused-ring (bicyclic) bond motifs is 1. The number of nitrogens with zero attached hydrogens (tertiary/aromatic N) is 1. The molecule has 172 valence electrons. The van der Waals surface area contributed by atoms with Crippen molar-refractivity contribution in [2.24, 2.45) is 5.41 Å². The van der Waals surface area contributed by atoms with E-state index >= 15 is 0 Å². The molecule has 0 aromatic heterocycles. The number of rotatable bonds is 5. The lowest BCUT2D eigenvalue weighted by Gasteiger charge is -2.37. The number of hydrogen-bond acceptors (Lipinski definition) is 7. The SMILES string of the molecule is C=C1CN(CC(=O)OCC)C2(CCC(OC(=O)C(C)(C)C)=C2c2ccc3c(c2)OCO3)C1. The number of allylic oxidation sites excluding steroid dienone is 1. The number of carbonyl (C=O) groups is 2. The molecular formula is C25H31NO6. The average Bonchev–Trinajstić information content (AvgIpc) is 3.39. The van der Waals surface area contributed by atoms with Crippen molar-refractivity contribution in [3.05, 3.63) is 41.7 Å². The molecule has 0 radical (unpaired) electrons. The van der Waals surface area contributed by atoms with Gasteiger partial charge in [-0.15, -0.1) is 0 Å². The third-order valence-electron chi connectivity index (χ3n) is 6.19. The Labute approximate surface area is 189 Å². The molecule has 0 N–H and O–H groups in total. The van der Waals surface area contributed by atoms with E-state index in [4.69, 9.17) is 18.9 Å². The van der Waals surface area contributed by atoms with Crippen LogP contribution in [0.1, 0.15) is 52.5 Å². The highest BCUT2D eigenvalue weighted by atomic mass is 16.7. The van der Waals surface area contributed by atoms with Crippen LogP contribution in [0.3, 0.4) is 0 Å². The Morgan fingerprint density at radius 2 is 1.97 bits per heavy atom. The van der Waals surface area contributed by atoms with Crippen LogP contribution in [-0.4, -0.2) is 48.9 Å². The van der Waals surface area contributed by atoms with Gasteiger partial charge in [0.1, 0.15) is 5.76 Å². The van der Waals surface area contributed by atoms with Crippen molar-refractivity contribution in [3.8, 4) is 11.5 Å². The van der Waals surface area contributed by atoms with Gasteiger partial charge in [0.2, 0.25) is 6.79 Å². The van der Waals surface area contributed by atoms with Crippen molar-refractivity contribution in [1.82, 2.24) is 4.90 Å². The fourth-order valence-electron chi connectivity index (χ4n) is 4.74. The topological polar surface area (TPSA) is 74.3 Å². The number of hydrogen-bond donors (Lipinski definition) is 0. The molecule has 0 saturated carbocycles. The molecule has 7 nitrogen and oxygen atoms in total. The molecule has 2 aliphatic heterocycles. The first-order chi connectivity index (χ1) is 15.1. The van der Waals surface area contributed by atoms with Crippen LogP contribution in [0.2, 0.25) is 0 Å². The normalized spacial score (nSPS) is 22.7. The van der Waals surface area contributed by atoms with Crippen molar-refractivity contribution < 1.29 is 28.5 Å². The second kappa shape index (κ2) is 8.28. The predicted molar refractivity (Wildman–Crippen MR) is 119 cm³/mol. The first-order valence-electron chi connectivity index (χ1n) is 11.1. The van der Waals surface area contributed by atoms with Crippen molar-refractivity contribution >= 4 is 17.5 Å². The quantitative estimate of drug-likeness (QED) is 0.504. The highest BCUT2D eigenvalue weighted by Gasteiger charge is 2.52. The fraction of sp³-hybridized carbons (Fsp3) is 0.520. The van der Waals surface area contributed by atoms with Crippen LogP contribution in [0.4, 0.5) is 0 Å². The second-order valence-electron chi connectivity index (χ2n) is 9.63. The summed E-state index contributed by atoms with van der Waals surface area (Å²) in [7, 11) is 0. The molecule has 1 aliphatic carbocycles. The molecule has 1 atom stereocenters. The Bertz CT molecular complexity index is 989. The van der Waals surface area contributed by atoms with E-state index in [0.29, 0.717) is 43.3 Å². The molecule has 1 unspecified atom stereocenters. The number of benzene rings is 1. The lowest BCUT2D eigenvalue weighted by Crippen LogP contribution is -2.46. The van der Waals surface area contributed by atoms with Crippen molar-refractivity contribution in [1.29, 1.82) is 0 Å². The van der Waals surface area contributed by atoms with Gasteiger partial charge in [-0.2, -0.15) is 0 Å². The summed E-state index contributed by atoms with van der Waals surface area (Å²) in [5, 5.41) is 0. The summed E-state index contributed by atoms with van der Waals surface area (Å²) in [6.45, 7) is 12.8. The number of ether oxygens (including phenoxy) is 4. The lowest BCUT2D eigenvalue weighted by atomic mass is 9.83. The van der Waals surface area contributed by atoms with Gasteiger partial charge < -0.3 is 18.9 Å². The summed E-state index contributed by atoms with van der Waals surface area (Å²) >= 11 is 0. The van der Waals surface area contributed by atoms with Crippen molar-refractivity contribution in [2.45, 2.75) is 52.5 Å². The van der Waals surface area contributed by atoms with E-state index in [1.165, 1.54) is 0 Å². The Balaban J connectivity index is 1.79. The molecule has 1 aromatic carbocycles. The van der Waals surface area contributed by atoms with Crippen molar-refractivity contribution in [2.75, 3.05) is 26.5 Å². The first-order valence-corrected chi connectivity index (χ1v) is 11.1. The Morgan fingerprint density at radius 3 is 2.69 bits per heavy atom. The molecule has 2 heterocycles. The van der Waals surface area contributed by atoms with Crippen LogP contribution in [0, 0.1) is 5.41 Å². The van der Waals surface area contributed by atoms with Gasteiger partial charge in [0.15, 0.2) is 11.5 Å². The molecule has 1 fully saturated rings. The van der Waals surface area contributed by atoms with E-state index in [-0.39, 0.29) is 25.3 Å². The fourth-order valence-corrected chi connectivity index (χ4v) is 4.74. The summed E-state index contributed by atoms with van der Waals surface area (Å²) in [6.07, 6.45) is 2.01. The van der Waals surface area contributed by atoms with Gasteiger partial charge in [0.25, 0.3) is 0 Å². The van der Waals surface area contributed by atoms with E-state index in [0.717, 1.165) is 23.1 Å². The van der Waals surface area contributed by atoms with Gasteiger partial charge in [-0.25, -0.2) is 0 Å². The summed E-state index contributed by atoms with van der Waals surface area (Å²) in [6, 6.07) is 5.77. The van der Waals surface area contributed by atoms with E-state index in [2.05, 4.69) is 11.5 Å². The minimum Gasteiger partial charge on any atom is -0.465 e. The maximum absolute atomic E-state index is 12.8. The van der Waals surface area contributed by atoms with Gasteiger partial charge in [0.05, 0.1) is 24.1 Å². The zero-order valence-corrected chi connectivity index (χ0v) is 19.3. The summed E-state index contributed by atoms with van der Waals surface area (Å²) in [4.78, 5) is 27.3. The molecular weight excluding hydrogens is 410 g/mol.